The lowest BCUT2D eigenvalue weighted by molar-refractivity contribution is -0.671. The second-order valence-electron chi connectivity index (χ2n) is 22.9. The first-order chi connectivity index (χ1) is 46.1. The lowest BCUT2D eigenvalue weighted by atomic mass is 10.2. The molecule has 7 aromatic carbocycles. The molecule has 0 amide bonds. The maximum atomic E-state index is 8.42. The second-order valence-corrected chi connectivity index (χ2v) is 22.9. The molecule has 14 aromatic rings. The van der Waals surface area contributed by atoms with Crippen LogP contribution in [0, 0.1) is 0 Å². The molecule has 0 saturated heterocycles. The van der Waals surface area contributed by atoms with E-state index >= 15 is 0 Å². The third-order valence-electron chi connectivity index (χ3n) is 14.2. The number of hydrogen-bond donors (Lipinski definition) is 0. The molecule has 14 rings (SSSR count). The minimum absolute atomic E-state index is 0. The van der Waals surface area contributed by atoms with Crippen molar-refractivity contribution in [1.82, 2.24) is 32.0 Å². The van der Waals surface area contributed by atoms with Gasteiger partial charge in [-0.3, -0.25) is 7.32 Å². The number of halogens is 4. The van der Waals surface area contributed by atoms with Crippen molar-refractivity contribution < 1.29 is 65.9 Å². The van der Waals surface area contributed by atoms with Gasteiger partial charge < -0.3 is 33.9 Å². The summed E-state index contributed by atoms with van der Waals surface area (Å²) in [6.07, 6.45) is 43.4. The van der Waals surface area contributed by atoms with Crippen LogP contribution in [0.15, 0.2) is 343 Å². The van der Waals surface area contributed by atoms with Crippen LogP contribution >= 0.6 is 0 Å². The Morgan fingerprint density at radius 2 is 0.313 bits per heavy atom. The molecule has 22 heteroatoms. The van der Waals surface area contributed by atoms with E-state index < -0.39 is 7.32 Å². The van der Waals surface area contributed by atoms with Crippen LogP contribution in [0.2, 0.25) is 0 Å². The number of imidazole rings is 7. The topological polar surface area (TPSA) is 131 Å². The quantitative estimate of drug-likeness (QED) is 0.0611. The molecule has 0 aliphatic carbocycles. The highest BCUT2D eigenvalue weighted by Crippen LogP contribution is 2.06. The molecule has 0 unspecified atom stereocenters. The predicted octanol–water partition coefficient (Wildman–Crippen LogP) is -6.41. The lowest BCUT2D eigenvalue weighted by Crippen LogP contribution is -3.00. The zero-order chi connectivity index (χ0) is 67.2. The van der Waals surface area contributed by atoms with Gasteiger partial charge in [-0.05, 0) is 38.9 Å². The van der Waals surface area contributed by atoms with Crippen molar-refractivity contribution in [3.8, 4) is 0 Å². The second kappa shape index (κ2) is 45.9. The van der Waals surface area contributed by atoms with E-state index in [9.17, 15) is 0 Å². The summed E-state index contributed by atoms with van der Waals surface area (Å²) >= 11 is 0. The van der Waals surface area contributed by atoms with Gasteiger partial charge in [0, 0.05) is 0 Å². The highest BCUT2D eigenvalue weighted by atomic mass is 19.0. The molecule has 0 N–H and O–H groups in total. The monoisotopic (exact) mass is 1350 g/mol. The van der Waals surface area contributed by atoms with Crippen LogP contribution in [-0.2, 0) is 95.1 Å². The summed E-state index contributed by atoms with van der Waals surface area (Å²) in [5.41, 5.74) is 9.32. The van der Waals surface area contributed by atoms with Gasteiger partial charge in [-0.15, -0.1) is 0 Å². The van der Waals surface area contributed by atoms with Crippen LogP contribution in [-0.4, -0.2) is 39.3 Å². The van der Waals surface area contributed by atoms with Crippen LogP contribution in [0.1, 0.15) is 38.9 Å². The maximum absolute atomic E-state index is 8.42. The summed E-state index contributed by atoms with van der Waals surface area (Å²) in [5.74, 6) is 0. The van der Waals surface area contributed by atoms with Crippen molar-refractivity contribution in [2.24, 2.45) is 49.3 Å². The molecule has 7 aromatic heterocycles. The molecule has 7 heterocycles. The number of benzene rings is 7. The molecule has 0 radical (unpaired) electrons. The van der Waals surface area contributed by atoms with Crippen LogP contribution in [0.4, 0.5) is 0 Å². The fourth-order valence-corrected chi connectivity index (χ4v) is 9.73. The lowest BCUT2D eigenvalue weighted by Gasteiger charge is -2.35. The molecule has 0 saturated carbocycles. The SMILES string of the molecule is C[n+]1ccn(Cc2ccccc2)c1.C[n+]1ccn(Cc2ccccc2)c1.C[n+]1ccn(Cc2ccccc2)c1.C[n+]1ccn(Cc2ccccc2)c1.C[n+]1ccn(Cc2ccccc2)c1.C[n+]1ccn(Cc2ccccc2)c1.C[n+]1ccn(Cc2ccccc2)c1.[F-].[F-].[F-].[F-].[O-]B([O-])[O-]. The van der Waals surface area contributed by atoms with Crippen molar-refractivity contribution in [1.29, 1.82) is 0 Å². The summed E-state index contributed by atoms with van der Waals surface area (Å²) < 4.78 is 29.4. The van der Waals surface area contributed by atoms with Gasteiger partial charge in [-0.2, -0.15) is 0 Å². The van der Waals surface area contributed by atoms with Crippen molar-refractivity contribution in [3.05, 3.63) is 382 Å². The Morgan fingerprint density at radius 3 is 0.394 bits per heavy atom. The Morgan fingerprint density at radius 1 is 0.212 bits per heavy atom. The summed E-state index contributed by atoms with van der Waals surface area (Å²) in [5, 5.41) is 25.2. The van der Waals surface area contributed by atoms with Crippen LogP contribution < -0.4 is 65.9 Å². The molecular weight excluding hydrogens is 1260 g/mol. The third-order valence-corrected chi connectivity index (χ3v) is 14.2. The summed E-state index contributed by atoms with van der Waals surface area (Å²) in [7, 11) is 11.3. The van der Waals surface area contributed by atoms with Crippen LogP contribution in [0.25, 0.3) is 0 Å². The number of nitrogens with zero attached hydrogens (tertiary/aromatic N) is 14. The molecule has 0 atom stereocenters. The van der Waals surface area contributed by atoms with Gasteiger partial charge in [0.2, 0.25) is 44.3 Å². The van der Waals surface area contributed by atoms with E-state index in [0.717, 1.165) is 45.8 Å². The summed E-state index contributed by atoms with van der Waals surface area (Å²) in [6, 6.07) is 73.2. The number of hydrogen-bond acceptors (Lipinski definition) is 3. The average Bonchev–Trinajstić information content (AvgIpc) is 2.00. The Labute approximate surface area is 579 Å². The highest BCUT2D eigenvalue weighted by molar-refractivity contribution is 6.24. The molecule has 0 spiro atoms. The van der Waals surface area contributed by atoms with E-state index in [1.807, 2.05) is 167 Å². The number of aryl methyl sites for hydroxylation is 7. The predicted molar refractivity (Wildman–Crippen MR) is 364 cm³/mol. The van der Waals surface area contributed by atoms with Gasteiger partial charge in [-0.1, -0.05) is 212 Å². The van der Waals surface area contributed by atoms with Crippen molar-refractivity contribution in [2.45, 2.75) is 45.8 Å². The molecule has 518 valence electrons. The first-order valence-electron chi connectivity index (χ1n) is 31.5. The largest absolute Gasteiger partial charge is 1.00 e. The van der Waals surface area contributed by atoms with Gasteiger partial charge in [0.05, 0.1) is 49.3 Å². The minimum atomic E-state index is -2.92. The Hall–Kier alpha value is -11.3. The molecule has 0 aliphatic heterocycles. The van der Waals surface area contributed by atoms with E-state index in [2.05, 4.69) is 289 Å². The van der Waals surface area contributed by atoms with Crippen molar-refractivity contribution in [3.63, 3.8) is 0 Å². The molecule has 0 aliphatic rings. The van der Waals surface area contributed by atoms with Gasteiger partial charge in [0.15, 0.2) is 0 Å². The van der Waals surface area contributed by atoms with Crippen LogP contribution in [0.5, 0.6) is 0 Å². The number of aromatic nitrogens is 14. The van der Waals surface area contributed by atoms with E-state index in [4.69, 9.17) is 15.1 Å². The maximum Gasteiger partial charge on any atom is 0.243 e. The zero-order valence-electron chi connectivity index (χ0n) is 57.4. The van der Waals surface area contributed by atoms with Crippen LogP contribution in [0.3, 0.4) is 0 Å². The Kier molecular flexibility index (Phi) is 38.0. The van der Waals surface area contributed by atoms with E-state index in [0.29, 0.717) is 0 Å². The molecule has 99 heavy (non-hydrogen) atoms. The highest BCUT2D eigenvalue weighted by Gasteiger charge is 2.06. The normalized spacial score (nSPS) is 9.68. The summed E-state index contributed by atoms with van der Waals surface area (Å²) in [6.45, 7) is 6.62. The standard InChI is InChI=1S/7C11H13N2.BO3.4FH/c7*1-12-7-8-13(10-12)9-11-5-3-2-4-6-11;2-1(3)4;;;;/h7*2-8,10H,9H2,1H3;;4*1H/q7*+1;-3;;;;/p-4. The van der Waals surface area contributed by atoms with Gasteiger partial charge in [0.25, 0.3) is 0 Å². The average molecular weight is 1350 g/mol. The summed E-state index contributed by atoms with van der Waals surface area (Å²) in [4.78, 5) is 0. The molecule has 0 fully saturated rings. The van der Waals surface area contributed by atoms with Crippen molar-refractivity contribution >= 4 is 7.32 Å². The smallest absolute Gasteiger partial charge is 0.243 e. The molecule has 0 bridgehead atoms. The fraction of sp³-hybridized carbons (Fsp3) is 0.182. The van der Waals surface area contributed by atoms with E-state index in [1.54, 1.807) is 0 Å². The molecule has 17 nitrogen and oxygen atoms in total. The van der Waals surface area contributed by atoms with E-state index in [-0.39, 0.29) is 18.8 Å². The fourth-order valence-electron chi connectivity index (χ4n) is 9.73. The van der Waals surface area contributed by atoms with Gasteiger partial charge in [0.1, 0.15) is 133 Å². The van der Waals surface area contributed by atoms with Gasteiger partial charge >= 0.3 is 0 Å². The van der Waals surface area contributed by atoms with Crippen molar-refractivity contribution in [2.75, 3.05) is 0 Å². The number of rotatable bonds is 14. The third kappa shape index (κ3) is 33.8. The Balaban J connectivity index is 0.000000296. The molecular formula is C77H91BF4N14O3. The van der Waals surface area contributed by atoms with E-state index in [1.165, 1.54) is 38.9 Å². The Bertz CT molecular complexity index is 3500. The van der Waals surface area contributed by atoms with Gasteiger partial charge in [-0.25, -0.2) is 63.9 Å². The minimum Gasteiger partial charge on any atom is -1.00 e. The zero-order valence-corrected chi connectivity index (χ0v) is 57.4. The first-order valence-corrected chi connectivity index (χ1v) is 31.5. The first kappa shape index (κ1) is 81.9.